The minimum absolute atomic E-state index is 0.0323. The van der Waals surface area contributed by atoms with E-state index in [1.807, 2.05) is 37.2 Å². The highest BCUT2D eigenvalue weighted by Gasteiger charge is 2.48. The number of phenols is 1. The number of rotatable bonds is 11. The Bertz CT molecular complexity index is 2720. The van der Waals surface area contributed by atoms with Crippen molar-refractivity contribution in [1.82, 2.24) is 35.0 Å². The number of carbonyl (C=O) groups excluding carboxylic acids is 5. The van der Waals surface area contributed by atoms with Gasteiger partial charge in [0.15, 0.2) is 5.60 Å². The van der Waals surface area contributed by atoms with Crippen LogP contribution in [0.1, 0.15) is 70.6 Å². The van der Waals surface area contributed by atoms with Gasteiger partial charge in [0.25, 0.3) is 17.7 Å². The maximum atomic E-state index is 14.8. The van der Waals surface area contributed by atoms with E-state index < -0.39 is 64.7 Å². The number of nitrogens with one attached hydrogen (secondary N) is 2. The molecule has 4 heterocycles. The average molecular weight is 974 g/mol. The quantitative estimate of drug-likeness (QED) is 0.122. The van der Waals surface area contributed by atoms with E-state index in [9.17, 15) is 34.2 Å². The van der Waals surface area contributed by atoms with Crippen LogP contribution in [0.4, 0.5) is 0 Å². The summed E-state index contributed by atoms with van der Waals surface area (Å²) in [5.41, 5.74) is 8.16. The zero-order valence-corrected chi connectivity index (χ0v) is 42.8. The highest BCUT2D eigenvalue weighted by atomic mass is 16.5. The summed E-state index contributed by atoms with van der Waals surface area (Å²) >= 11 is 0. The molecule has 2 fully saturated rings. The number of esters is 1. The summed E-state index contributed by atoms with van der Waals surface area (Å²) in [7, 11) is 6.79. The Morgan fingerprint density at radius 1 is 1.03 bits per heavy atom. The van der Waals surface area contributed by atoms with Gasteiger partial charge >= 0.3 is 5.97 Å². The van der Waals surface area contributed by atoms with Gasteiger partial charge in [-0.1, -0.05) is 70.0 Å². The molecule has 4 aromatic rings. The number of phenolic OH excluding ortho intramolecular Hbond substituents is 1. The molecular weight excluding hydrogens is 903 g/mol. The number of aromatic hydroxyl groups is 1. The molecule has 4 N–H and O–H groups in total. The Morgan fingerprint density at radius 2 is 1.79 bits per heavy atom. The van der Waals surface area contributed by atoms with Crippen LogP contribution < -0.4 is 10.7 Å². The molecular formula is C55H71N7O9. The molecule has 3 aliphatic rings. The maximum Gasteiger partial charge on any atom is 0.324 e. The fraction of sp³-hybridized carbons (Fsp3) is 0.509. The molecule has 6 bridgehead atoms. The van der Waals surface area contributed by atoms with Crippen LogP contribution in [0.3, 0.4) is 0 Å². The molecule has 3 aromatic carbocycles. The molecule has 4 atom stereocenters. The number of cyclic esters (lactones) is 1. The van der Waals surface area contributed by atoms with E-state index in [-0.39, 0.29) is 44.8 Å². The van der Waals surface area contributed by atoms with Crippen molar-refractivity contribution in [2.45, 2.75) is 103 Å². The average Bonchev–Trinajstić information content (AvgIpc) is 3.88. The van der Waals surface area contributed by atoms with Crippen molar-refractivity contribution >= 4 is 40.5 Å². The smallest absolute Gasteiger partial charge is 0.324 e. The number of hydrazine groups is 1. The van der Waals surface area contributed by atoms with Crippen LogP contribution in [0.5, 0.6) is 5.75 Å². The third kappa shape index (κ3) is 11.8. The van der Waals surface area contributed by atoms with Gasteiger partial charge in [-0.15, -0.1) is 0 Å². The fourth-order valence-electron chi connectivity index (χ4n) is 10.3. The van der Waals surface area contributed by atoms with Gasteiger partial charge in [0.2, 0.25) is 5.91 Å². The number of benzene rings is 3. The Morgan fingerprint density at radius 3 is 2.51 bits per heavy atom. The summed E-state index contributed by atoms with van der Waals surface area (Å²) in [6, 6.07) is 16.6. The van der Waals surface area contributed by atoms with Gasteiger partial charge in [-0.3, -0.25) is 33.9 Å². The lowest BCUT2D eigenvalue weighted by Crippen LogP contribution is -2.63. The lowest BCUT2D eigenvalue weighted by Gasteiger charge is -2.37. The summed E-state index contributed by atoms with van der Waals surface area (Å²) in [4.78, 5) is 74.8. The van der Waals surface area contributed by atoms with Crippen molar-refractivity contribution in [2.75, 3.05) is 67.6 Å². The normalized spacial score (nSPS) is 20.8. The number of hydrogen-bond donors (Lipinski definition) is 4. The zero-order valence-electron chi connectivity index (χ0n) is 42.8. The van der Waals surface area contributed by atoms with Crippen LogP contribution in [0, 0.1) is 23.2 Å². The van der Waals surface area contributed by atoms with Crippen molar-refractivity contribution in [3.05, 3.63) is 77.4 Å². The number of likely N-dealkylation sites (tertiary alicyclic amines) is 1. The number of amides is 4. The summed E-state index contributed by atoms with van der Waals surface area (Å²) in [6.07, 6.45) is 2.08. The molecule has 16 heteroatoms. The first-order chi connectivity index (χ1) is 33.7. The molecule has 2 saturated heterocycles. The van der Waals surface area contributed by atoms with Crippen LogP contribution in [0.25, 0.3) is 33.3 Å². The predicted octanol–water partition coefficient (Wildman–Crippen LogP) is 4.55. The third-order valence-electron chi connectivity index (χ3n) is 13.9. The predicted molar refractivity (Wildman–Crippen MR) is 272 cm³/mol. The first kappa shape index (κ1) is 52.6. The van der Waals surface area contributed by atoms with Gasteiger partial charge in [0, 0.05) is 68.5 Å². The van der Waals surface area contributed by atoms with Crippen LogP contribution in [-0.2, 0) is 59.3 Å². The lowest BCUT2D eigenvalue weighted by atomic mass is 9.83. The maximum absolute atomic E-state index is 14.8. The fourth-order valence-corrected chi connectivity index (χ4v) is 10.3. The Labute approximate surface area is 417 Å². The standard InChI is InChI=1S/C55H71N7O9/c1-10-61-46-20-19-38-31-42(46)43(49(61)41-16-12-11-15-37(41)21-26-70-9)32-54(4,5)34-71-52(67)44-17-13-24-62(57-44)51(66)45(29-36-27-39(38)30-40(63)28-36)56-50(65)48(35(2)3)59(8)53(68)55(69)22-25-60(33-55)47(64)18-14-23-58(6)7/h11-12,15-16,19-20,27-28,30-31,35,44-45,48,57,63,69H,10,13,17,21-26,29,32-34H2,1-9H3,(H,56,65)/t44-,45-,48-,55?/m0/s1. The summed E-state index contributed by atoms with van der Waals surface area (Å²) in [6.45, 7) is 11.6. The van der Waals surface area contributed by atoms with E-state index in [1.165, 1.54) is 21.9 Å². The number of fused-ring (bicyclic) bond motifs is 6. The number of nitrogens with zero attached hydrogens (tertiary/aromatic N) is 5. The first-order valence-corrected chi connectivity index (χ1v) is 24.8. The van der Waals surface area contributed by atoms with Crippen molar-refractivity contribution in [1.29, 1.82) is 0 Å². The number of ether oxygens (including phenoxy) is 2. The first-order valence-electron chi connectivity index (χ1n) is 24.8. The van der Waals surface area contributed by atoms with Gasteiger partial charge in [-0.25, -0.2) is 5.43 Å². The molecule has 380 valence electrons. The molecule has 16 nitrogen and oxygen atoms in total. The number of aliphatic hydroxyl groups is 1. The summed E-state index contributed by atoms with van der Waals surface area (Å²) in [5.74, 6) is 1.94. The van der Waals surface area contributed by atoms with Crippen molar-refractivity contribution in [2.24, 2.45) is 11.3 Å². The largest absolute Gasteiger partial charge is 0.508 e. The molecule has 71 heavy (non-hydrogen) atoms. The molecule has 0 radical (unpaired) electrons. The molecule has 4 amide bonds. The third-order valence-corrected chi connectivity index (χ3v) is 13.9. The van der Waals surface area contributed by atoms with E-state index >= 15 is 0 Å². The molecule has 1 aromatic heterocycles. The van der Waals surface area contributed by atoms with Crippen LogP contribution in [-0.4, -0.2) is 155 Å². The van der Waals surface area contributed by atoms with Crippen molar-refractivity contribution < 1.29 is 43.7 Å². The van der Waals surface area contributed by atoms with E-state index in [1.54, 1.807) is 33.1 Å². The second kappa shape index (κ2) is 22.0. The summed E-state index contributed by atoms with van der Waals surface area (Å²) < 4.78 is 14.0. The van der Waals surface area contributed by atoms with E-state index in [4.69, 9.17) is 9.47 Å². The highest BCUT2D eigenvalue weighted by molar-refractivity contribution is 5.98. The molecule has 0 spiro atoms. The van der Waals surface area contributed by atoms with Gasteiger partial charge in [-0.05, 0) is 111 Å². The topological polar surface area (TPSA) is 186 Å². The van der Waals surface area contributed by atoms with E-state index in [2.05, 4.69) is 78.3 Å². The molecule has 0 aliphatic carbocycles. The monoisotopic (exact) mass is 974 g/mol. The van der Waals surface area contributed by atoms with Crippen LogP contribution >= 0.6 is 0 Å². The van der Waals surface area contributed by atoms with Gasteiger partial charge in [0.05, 0.1) is 32.0 Å². The minimum atomic E-state index is -1.97. The van der Waals surface area contributed by atoms with Crippen molar-refractivity contribution in [3.8, 4) is 40.0 Å². The molecule has 0 saturated carbocycles. The zero-order chi connectivity index (χ0) is 51.4. The van der Waals surface area contributed by atoms with E-state index in [0.717, 1.165) is 45.3 Å². The highest BCUT2D eigenvalue weighted by Crippen LogP contribution is 2.42. The van der Waals surface area contributed by atoms with Gasteiger partial charge in [0.1, 0.15) is 23.9 Å². The number of aryl methyl sites for hydroxylation is 1. The van der Waals surface area contributed by atoms with E-state index in [0.29, 0.717) is 50.1 Å². The number of hydrogen-bond acceptors (Lipinski definition) is 11. The van der Waals surface area contributed by atoms with Crippen LogP contribution in [0.2, 0.25) is 0 Å². The lowest BCUT2D eigenvalue weighted by molar-refractivity contribution is -0.156. The summed E-state index contributed by atoms with van der Waals surface area (Å²) in [5, 5.41) is 28.4. The second-order valence-corrected chi connectivity index (χ2v) is 20.8. The number of carbonyl (C=O) groups is 5. The number of methoxy groups -OCH3 is 1. The number of β-amino-alcohol motifs (C(OH)–C–C–N with tert-alkyl or cyclic N) is 1. The molecule has 7 rings (SSSR count). The van der Waals surface area contributed by atoms with Crippen molar-refractivity contribution in [3.63, 3.8) is 0 Å². The Kier molecular flexibility index (Phi) is 16.3. The van der Waals surface area contributed by atoms with Gasteiger partial charge < -0.3 is 39.4 Å². The Balaban J connectivity index is 1.27. The molecule has 3 aliphatic heterocycles. The van der Waals surface area contributed by atoms with Gasteiger partial charge in [-0.2, -0.15) is 0 Å². The number of aromatic nitrogens is 1. The minimum Gasteiger partial charge on any atom is -0.508 e. The second-order valence-electron chi connectivity index (χ2n) is 20.8. The Hall–Kier alpha value is -6.25. The SMILES string of the molecule is CCn1c(-c2ccccc2CCOC)c2c3cc(ccc31)-c1cc(O)cc(c1)C[C@H](NC(=O)[C@H](C(C)C)N(C)C(=O)C1(O)CCN(C(=O)C#CCN(C)C)C1)C(=O)N1CCC[C@H](N1)C(=O)OCC(C)(C)C2. The number of likely N-dealkylation sites (N-methyl/N-ethyl adjacent to an activating group) is 1. The molecule has 1 unspecified atom stereocenters. The van der Waals surface area contributed by atoms with Crippen LogP contribution in [0.15, 0.2) is 60.7 Å².